The highest BCUT2D eigenvalue weighted by Gasteiger charge is 2.10. The molecule has 0 unspecified atom stereocenters. The van der Waals surface area contributed by atoms with Crippen molar-refractivity contribution in [2.24, 2.45) is 0 Å². The van der Waals surface area contributed by atoms with Crippen LogP contribution in [0.3, 0.4) is 0 Å². The molecular weight excluding hydrogens is 243 g/mol. The monoisotopic (exact) mass is 249 g/mol. The maximum absolute atomic E-state index is 13.0. The predicted octanol–water partition coefficient (Wildman–Crippen LogP) is 3.11. The number of halogens is 3. The topological polar surface area (TPSA) is 48.7 Å². The molecule has 6 heteroatoms. The molecule has 0 aliphatic heterocycles. The number of anilines is 2. The molecule has 2 aromatic rings. The van der Waals surface area contributed by atoms with Gasteiger partial charge in [-0.05, 0) is 12.1 Å². The molecule has 90 valence electrons. The van der Waals surface area contributed by atoms with E-state index in [4.69, 9.17) is 5.26 Å². The summed E-state index contributed by atoms with van der Waals surface area (Å²) in [6, 6.07) is 6.39. The molecule has 0 saturated carbocycles. The lowest BCUT2D eigenvalue weighted by Crippen LogP contribution is -1.98. The smallest absolute Gasteiger partial charge is 0.194 e. The van der Waals surface area contributed by atoms with Crippen molar-refractivity contribution in [2.45, 2.75) is 0 Å². The second kappa shape index (κ2) is 4.75. The van der Waals surface area contributed by atoms with Gasteiger partial charge in [-0.25, -0.2) is 18.2 Å². The van der Waals surface area contributed by atoms with Crippen molar-refractivity contribution in [1.82, 2.24) is 4.98 Å². The fourth-order valence-corrected chi connectivity index (χ4v) is 1.34. The van der Waals surface area contributed by atoms with Crippen LogP contribution in [0.1, 0.15) is 5.56 Å². The fourth-order valence-electron chi connectivity index (χ4n) is 1.34. The van der Waals surface area contributed by atoms with Gasteiger partial charge in [0.1, 0.15) is 5.82 Å². The number of pyridine rings is 1. The second-order valence-corrected chi connectivity index (χ2v) is 3.42. The molecule has 0 radical (unpaired) electrons. The Morgan fingerprint density at radius 1 is 1.11 bits per heavy atom. The van der Waals surface area contributed by atoms with Crippen LogP contribution in [0.25, 0.3) is 0 Å². The molecule has 3 nitrogen and oxygen atoms in total. The summed E-state index contributed by atoms with van der Waals surface area (Å²) < 4.78 is 38.7. The van der Waals surface area contributed by atoms with E-state index in [9.17, 15) is 13.2 Å². The summed E-state index contributed by atoms with van der Waals surface area (Å²) >= 11 is 0. The van der Waals surface area contributed by atoms with Gasteiger partial charge in [0, 0.05) is 24.0 Å². The summed E-state index contributed by atoms with van der Waals surface area (Å²) in [4.78, 5) is 3.86. The Balaban J connectivity index is 2.32. The minimum absolute atomic E-state index is 0.00832. The SMILES string of the molecule is N#Cc1ccnc(Nc2cc(F)c(F)c(F)c2)c1. The van der Waals surface area contributed by atoms with Crippen molar-refractivity contribution in [1.29, 1.82) is 5.26 Å². The van der Waals surface area contributed by atoms with E-state index in [0.29, 0.717) is 5.56 Å². The third-order valence-corrected chi connectivity index (χ3v) is 2.15. The van der Waals surface area contributed by atoms with Crippen LogP contribution in [0, 0.1) is 28.8 Å². The molecule has 0 bridgehead atoms. The predicted molar refractivity (Wildman–Crippen MR) is 58.6 cm³/mol. The van der Waals surface area contributed by atoms with Gasteiger partial charge in [-0.15, -0.1) is 0 Å². The minimum atomic E-state index is -1.53. The van der Waals surface area contributed by atoms with E-state index in [1.807, 2.05) is 6.07 Å². The molecule has 18 heavy (non-hydrogen) atoms. The van der Waals surface area contributed by atoms with Crippen LogP contribution in [0.2, 0.25) is 0 Å². The first-order valence-electron chi connectivity index (χ1n) is 4.88. The number of aromatic nitrogens is 1. The molecule has 2 rings (SSSR count). The molecule has 1 heterocycles. The van der Waals surface area contributed by atoms with E-state index in [1.165, 1.54) is 18.3 Å². The Morgan fingerprint density at radius 3 is 2.39 bits per heavy atom. The zero-order valence-electron chi connectivity index (χ0n) is 8.92. The molecule has 0 atom stereocenters. The number of benzene rings is 1. The zero-order chi connectivity index (χ0) is 13.1. The lowest BCUT2D eigenvalue weighted by atomic mass is 10.2. The first-order chi connectivity index (χ1) is 8.60. The maximum atomic E-state index is 13.0. The molecule has 1 aromatic carbocycles. The molecule has 0 fully saturated rings. The van der Waals surface area contributed by atoms with Gasteiger partial charge in [-0.3, -0.25) is 0 Å². The summed E-state index contributed by atoms with van der Waals surface area (Å²) in [6.07, 6.45) is 1.37. The Morgan fingerprint density at radius 2 is 1.78 bits per heavy atom. The number of nitriles is 1. The van der Waals surface area contributed by atoms with Crippen molar-refractivity contribution in [3.05, 3.63) is 53.5 Å². The molecule has 1 aromatic heterocycles. The highest BCUT2D eigenvalue weighted by molar-refractivity contribution is 5.57. The van der Waals surface area contributed by atoms with Gasteiger partial charge in [0.05, 0.1) is 11.6 Å². The van der Waals surface area contributed by atoms with Crippen molar-refractivity contribution >= 4 is 11.5 Å². The van der Waals surface area contributed by atoms with E-state index in [2.05, 4.69) is 10.3 Å². The van der Waals surface area contributed by atoms with Crippen molar-refractivity contribution < 1.29 is 13.2 Å². The average Bonchev–Trinajstić information content (AvgIpc) is 2.36. The summed E-state index contributed by atoms with van der Waals surface area (Å²) in [5, 5.41) is 11.3. The van der Waals surface area contributed by atoms with Gasteiger partial charge < -0.3 is 5.32 Å². The Labute approximate surface area is 101 Å². The van der Waals surface area contributed by atoms with Gasteiger partial charge in [-0.1, -0.05) is 0 Å². The normalized spacial score (nSPS) is 9.89. The molecule has 0 spiro atoms. The van der Waals surface area contributed by atoms with Crippen molar-refractivity contribution in [2.75, 3.05) is 5.32 Å². The summed E-state index contributed by atoms with van der Waals surface area (Å²) in [5.74, 6) is -3.89. The van der Waals surface area contributed by atoms with Gasteiger partial charge in [-0.2, -0.15) is 5.26 Å². The average molecular weight is 249 g/mol. The largest absolute Gasteiger partial charge is 0.340 e. The molecule has 0 aliphatic rings. The molecule has 0 saturated heterocycles. The minimum Gasteiger partial charge on any atom is -0.340 e. The van der Waals surface area contributed by atoms with Gasteiger partial charge >= 0.3 is 0 Å². The summed E-state index contributed by atoms with van der Waals surface area (Å²) in [7, 11) is 0. The summed E-state index contributed by atoms with van der Waals surface area (Å²) in [6.45, 7) is 0. The maximum Gasteiger partial charge on any atom is 0.194 e. The summed E-state index contributed by atoms with van der Waals surface area (Å²) in [5.41, 5.74) is 0.351. The van der Waals surface area contributed by atoms with Crippen LogP contribution in [0.4, 0.5) is 24.7 Å². The van der Waals surface area contributed by atoms with Crippen LogP contribution in [0.15, 0.2) is 30.5 Å². The third kappa shape index (κ3) is 2.40. The lowest BCUT2D eigenvalue weighted by molar-refractivity contribution is 0.448. The molecule has 1 N–H and O–H groups in total. The Hall–Kier alpha value is -2.55. The lowest BCUT2D eigenvalue weighted by Gasteiger charge is -2.06. The molecule has 0 amide bonds. The number of hydrogen-bond acceptors (Lipinski definition) is 3. The van der Waals surface area contributed by atoms with Crippen LogP contribution in [0.5, 0.6) is 0 Å². The quantitative estimate of drug-likeness (QED) is 0.832. The van der Waals surface area contributed by atoms with Gasteiger partial charge in [0.25, 0.3) is 0 Å². The number of hydrogen-bond donors (Lipinski definition) is 1. The van der Waals surface area contributed by atoms with Gasteiger partial charge in [0.15, 0.2) is 17.5 Å². The van der Waals surface area contributed by atoms with Crippen molar-refractivity contribution in [3.63, 3.8) is 0 Å². The first kappa shape index (κ1) is 11.9. The van der Waals surface area contributed by atoms with E-state index in [0.717, 1.165) is 12.1 Å². The van der Waals surface area contributed by atoms with E-state index < -0.39 is 17.5 Å². The van der Waals surface area contributed by atoms with Crippen LogP contribution in [-0.2, 0) is 0 Å². The first-order valence-corrected chi connectivity index (χ1v) is 4.88. The zero-order valence-corrected chi connectivity index (χ0v) is 8.92. The van der Waals surface area contributed by atoms with Crippen LogP contribution in [-0.4, -0.2) is 4.98 Å². The van der Waals surface area contributed by atoms with Gasteiger partial charge in [0.2, 0.25) is 0 Å². The number of nitrogens with one attached hydrogen (secondary N) is 1. The Kier molecular flexibility index (Phi) is 3.15. The van der Waals surface area contributed by atoms with Crippen molar-refractivity contribution in [3.8, 4) is 6.07 Å². The molecular formula is C12H6F3N3. The van der Waals surface area contributed by atoms with E-state index in [1.54, 1.807) is 0 Å². The van der Waals surface area contributed by atoms with Crippen LogP contribution < -0.4 is 5.32 Å². The highest BCUT2D eigenvalue weighted by atomic mass is 19.2. The fraction of sp³-hybridized carbons (Fsp3) is 0. The van der Waals surface area contributed by atoms with E-state index >= 15 is 0 Å². The number of nitrogens with zero attached hydrogens (tertiary/aromatic N) is 2. The highest BCUT2D eigenvalue weighted by Crippen LogP contribution is 2.20. The van der Waals surface area contributed by atoms with E-state index in [-0.39, 0.29) is 11.5 Å². The number of rotatable bonds is 2. The van der Waals surface area contributed by atoms with Crippen LogP contribution >= 0.6 is 0 Å². The molecule has 0 aliphatic carbocycles. The third-order valence-electron chi connectivity index (χ3n) is 2.15. The Bertz CT molecular complexity index is 612. The standard InChI is InChI=1S/C12H6F3N3/c13-9-4-8(5-10(14)12(9)15)18-11-3-7(6-16)1-2-17-11/h1-5H,(H,17,18). The second-order valence-electron chi connectivity index (χ2n) is 3.42.